The SMILES string of the molecule is COCCONS(=O)(=O)N1CCc2ccccc2C1. The molecule has 0 radical (unpaired) electrons. The van der Waals surface area contributed by atoms with E-state index >= 15 is 0 Å². The summed E-state index contributed by atoms with van der Waals surface area (Å²) in [5.41, 5.74) is 2.24. The van der Waals surface area contributed by atoms with Crippen LogP contribution in [0.3, 0.4) is 0 Å². The van der Waals surface area contributed by atoms with Gasteiger partial charge < -0.3 is 4.74 Å². The van der Waals surface area contributed by atoms with E-state index < -0.39 is 10.2 Å². The molecule has 1 aromatic rings. The Morgan fingerprint density at radius 1 is 1.26 bits per heavy atom. The molecule has 0 bridgehead atoms. The predicted molar refractivity (Wildman–Crippen MR) is 70.4 cm³/mol. The largest absolute Gasteiger partial charge is 0.382 e. The predicted octanol–water partition coefficient (Wildman–Crippen LogP) is 0.457. The third-order valence-corrected chi connectivity index (χ3v) is 4.31. The van der Waals surface area contributed by atoms with Crippen molar-refractivity contribution in [1.82, 2.24) is 9.19 Å². The van der Waals surface area contributed by atoms with Crippen LogP contribution in [-0.4, -0.2) is 39.6 Å². The van der Waals surface area contributed by atoms with Crippen LogP contribution in [0.1, 0.15) is 11.1 Å². The number of benzene rings is 1. The van der Waals surface area contributed by atoms with Gasteiger partial charge in [-0.3, -0.25) is 4.84 Å². The molecule has 0 fully saturated rings. The average molecular weight is 286 g/mol. The minimum atomic E-state index is -3.60. The molecule has 6 nitrogen and oxygen atoms in total. The van der Waals surface area contributed by atoms with Crippen molar-refractivity contribution in [2.24, 2.45) is 0 Å². The van der Waals surface area contributed by atoms with Gasteiger partial charge in [-0.05, 0) is 17.5 Å². The molecule has 0 amide bonds. The average Bonchev–Trinajstić information content (AvgIpc) is 2.43. The van der Waals surface area contributed by atoms with Gasteiger partial charge in [0.15, 0.2) is 0 Å². The van der Waals surface area contributed by atoms with Gasteiger partial charge in [0.2, 0.25) is 0 Å². The maximum absolute atomic E-state index is 12.0. The molecule has 7 heteroatoms. The maximum Gasteiger partial charge on any atom is 0.301 e. The van der Waals surface area contributed by atoms with Crippen LogP contribution >= 0.6 is 0 Å². The van der Waals surface area contributed by atoms with E-state index in [1.165, 1.54) is 17.0 Å². The van der Waals surface area contributed by atoms with Gasteiger partial charge >= 0.3 is 10.2 Å². The van der Waals surface area contributed by atoms with Crippen LogP contribution in [0, 0.1) is 0 Å². The highest BCUT2D eigenvalue weighted by molar-refractivity contribution is 7.86. The van der Waals surface area contributed by atoms with Gasteiger partial charge in [-0.1, -0.05) is 29.2 Å². The Morgan fingerprint density at radius 2 is 2.00 bits per heavy atom. The van der Waals surface area contributed by atoms with Crippen LogP contribution in [0.5, 0.6) is 0 Å². The van der Waals surface area contributed by atoms with Crippen molar-refractivity contribution in [1.29, 1.82) is 0 Å². The summed E-state index contributed by atoms with van der Waals surface area (Å²) < 4.78 is 30.2. The molecule has 19 heavy (non-hydrogen) atoms. The molecule has 1 aliphatic heterocycles. The van der Waals surface area contributed by atoms with E-state index in [0.717, 1.165) is 12.0 Å². The van der Waals surface area contributed by atoms with Crippen molar-refractivity contribution < 1.29 is 18.0 Å². The van der Waals surface area contributed by atoms with Gasteiger partial charge in [0, 0.05) is 20.2 Å². The van der Waals surface area contributed by atoms with Crippen molar-refractivity contribution in [2.45, 2.75) is 13.0 Å². The van der Waals surface area contributed by atoms with Crippen LogP contribution in [0.25, 0.3) is 0 Å². The Hall–Kier alpha value is -0.990. The summed E-state index contributed by atoms with van der Waals surface area (Å²) in [6.07, 6.45) is 0.717. The second kappa shape index (κ2) is 6.44. The number of rotatable bonds is 6. The van der Waals surface area contributed by atoms with Gasteiger partial charge in [-0.2, -0.15) is 12.7 Å². The second-order valence-corrected chi connectivity index (χ2v) is 5.92. The number of methoxy groups -OCH3 is 1. The fraction of sp³-hybridized carbons (Fsp3) is 0.500. The van der Waals surface area contributed by atoms with E-state index in [1.54, 1.807) is 0 Å². The highest BCUT2D eigenvalue weighted by atomic mass is 32.2. The normalized spacial score (nSPS) is 16.3. The zero-order valence-corrected chi connectivity index (χ0v) is 11.6. The summed E-state index contributed by atoms with van der Waals surface area (Å²) in [5.74, 6) is 0. The van der Waals surface area contributed by atoms with Gasteiger partial charge in [0.05, 0.1) is 13.2 Å². The van der Waals surface area contributed by atoms with Gasteiger partial charge in [-0.25, -0.2) is 0 Å². The van der Waals surface area contributed by atoms with E-state index in [9.17, 15) is 8.42 Å². The highest BCUT2D eigenvalue weighted by Gasteiger charge is 2.26. The summed E-state index contributed by atoms with van der Waals surface area (Å²) in [6, 6.07) is 7.86. The third-order valence-electron chi connectivity index (χ3n) is 2.99. The molecule has 1 heterocycles. The smallest absolute Gasteiger partial charge is 0.301 e. The minimum absolute atomic E-state index is 0.181. The minimum Gasteiger partial charge on any atom is -0.382 e. The van der Waals surface area contributed by atoms with Crippen LogP contribution in [0.2, 0.25) is 0 Å². The Morgan fingerprint density at radius 3 is 2.74 bits per heavy atom. The number of hydrogen-bond acceptors (Lipinski definition) is 4. The first-order valence-electron chi connectivity index (χ1n) is 6.08. The number of ether oxygens (including phenoxy) is 1. The monoisotopic (exact) mass is 286 g/mol. The molecule has 0 saturated carbocycles. The molecule has 106 valence electrons. The standard InChI is InChI=1S/C12H18N2O4S/c1-17-8-9-18-13-19(15,16)14-7-6-11-4-2-3-5-12(11)10-14/h2-5,13H,6-10H2,1H3. The third kappa shape index (κ3) is 3.74. The maximum atomic E-state index is 12.0. The molecule has 1 N–H and O–H groups in total. The van der Waals surface area contributed by atoms with Crippen molar-refractivity contribution in [3.8, 4) is 0 Å². The summed E-state index contributed by atoms with van der Waals surface area (Å²) in [7, 11) is -2.07. The first-order chi connectivity index (χ1) is 9.13. The molecule has 0 spiro atoms. The first kappa shape index (κ1) is 14.4. The lowest BCUT2D eigenvalue weighted by molar-refractivity contribution is 0.0407. The summed E-state index contributed by atoms with van der Waals surface area (Å²) in [5, 5.41) is 0. The van der Waals surface area contributed by atoms with Crippen LogP contribution in [-0.2, 0) is 32.7 Å². The lowest BCUT2D eigenvalue weighted by Gasteiger charge is -2.27. The number of hydrogen-bond donors (Lipinski definition) is 1. The molecule has 0 aromatic heterocycles. The van der Waals surface area contributed by atoms with E-state index in [0.29, 0.717) is 19.7 Å². The van der Waals surface area contributed by atoms with Crippen LogP contribution < -0.4 is 4.89 Å². The van der Waals surface area contributed by atoms with Gasteiger partial charge in [-0.15, -0.1) is 0 Å². The van der Waals surface area contributed by atoms with Crippen LogP contribution in [0.4, 0.5) is 0 Å². The summed E-state index contributed by atoms with van der Waals surface area (Å²) in [4.78, 5) is 6.99. The lowest BCUT2D eigenvalue weighted by atomic mass is 10.0. The van der Waals surface area contributed by atoms with Crippen LogP contribution in [0.15, 0.2) is 24.3 Å². The topological polar surface area (TPSA) is 67.9 Å². The molecule has 0 atom stereocenters. The van der Waals surface area contributed by atoms with Crippen molar-refractivity contribution in [3.63, 3.8) is 0 Å². The Bertz CT molecular complexity index is 518. The molecule has 2 rings (SSSR count). The fourth-order valence-corrected chi connectivity index (χ4v) is 2.95. The molecule has 0 unspecified atom stereocenters. The highest BCUT2D eigenvalue weighted by Crippen LogP contribution is 2.20. The Balaban J connectivity index is 1.96. The van der Waals surface area contributed by atoms with E-state index in [4.69, 9.17) is 9.57 Å². The molecule has 0 saturated heterocycles. The first-order valence-corrected chi connectivity index (χ1v) is 7.52. The summed E-state index contributed by atoms with van der Waals surface area (Å²) >= 11 is 0. The molecular formula is C12H18N2O4S. The molecular weight excluding hydrogens is 268 g/mol. The van der Waals surface area contributed by atoms with Gasteiger partial charge in [0.25, 0.3) is 0 Å². The number of fused-ring (bicyclic) bond motifs is 1. The van der Waals surface area contributed by atoms with Crippen molar-refractivity contribution in [2.75, 3.05) is 26.9 Å². The lowest BCUT2D eigenvalue weighted by Crippen LogP contribution is -2.43. The van der Waals surface area contributed by atoms with Crippen molar-refractivity contribution in [3.05, 3.63) is 35.4 Å². The Kier molecular flexibility index (Phi) is 4.89. The second-order valence-electron chi connectivity index (χ2n) is 4.28. The number of nitrogens with zero attached hydrogens (tertiary/aromatic N) is 1. The van der Waals surface area contributed by atoms with E-state index in [-0.39, 0.29) is 6.61 Å². The van der Waals surface area contributed by atoms with Crippen molar-refractivity contribution >= 4 is 10.2 Å². The molecule has 1 aliphatic rings. The number of nitrogens with one attached hydrogen (secondary N) is 1. The zero-order chi connectivity index (χ0) is 13.7. The fourth-order valence-electron chi connectivity index (χ4n) is 1.97. The molecule has 1 aromatic carbocycles. The van der Waals surface area contributed by atoms with E-state index in [1.807, 2.05) is 24.3 Å². The van der Waals surface area contributed by atoms with E-state index in [2.05, 4.69) is 4.89 Å². The molecule has 0 aliphatic carbocycles. The van der Waals surface area contributed by atoms with Gasteiger partial charge in [0.1, 0.15) is 0 Å². The quantitative estimate of drug-likeness (QED) is 0.609. The Labute approximate surface area is 113 Å². The summed E-state index contributed by atoms with van der Waals surface area (Å²) in [6.45, 7) is 1.35. The zero-order valence-electron chi connectivity index (χ0n) is 10.8.